The van der Waals surface area contributed by atoms with Crippen LogP contribution in [0.4, 0.5) is 4.79 Å². The molecule has 2 atom stereocenters. The van der Waals surface area contributed by atoms with Crippen molar-refractivity contribution in [3.05, 3.63) is 59.7 Å². The van der Waals surface area contributed by atoms with E-state index in [1.165, 1.54) is 0 Å². The minimum atomic E-state index is -0.894. The second-order valence-corrected chi connectivity index (χ2v) is 10.2. The van der Waals surface area contributed by atoms with Crippen molar-refractivity contribution in [1.82, 2.24) is 10.2 Å². The normalized spacial score (nSPS) is 18.6. The van der Waals surface area contributed by atoms with Gasteiger partial charge in [-0.15, -0.1) is 0 Å². The third kappa shape index (κ3) is 4.79. The fourth-order valence-electron chi connectivity index (χ4n) is 4.97. The van der Waals surface area contributed by atoms with Crippen molar-refractivity contribution < 1.29 is 24.2 Å². The lowest BCUT2D eigenvalue weighted by atomic mass is 9.85. The first-order chi connectivity index (χ1) is 16.2. The molecule has 7 heteroatoms. The van der Waals surface area contributed by atoms with Gasteiger partial charge >= 0.3 is 12.1 Å². The summed E-state index contributed by atoms with van der Waals surface area (Å²) in [5.41, 5.74) is 3.96. The maximum absolute atomic E-state index is 13.3. The van der Waals surface area contributed by atoms with Crippen LogP contribution in [-0.2, 0) is 14.3 Å². The lowest BCUT2D eigenvalue weighted by molar-refractivity contribution is -0.147. The molecule has 2 aromatic carbocycles. The molecule has 180 valence electrons. The summed E-state index contributed by atoms with van der Waals surface area (Å²) in [6.45, 7) is 6.43. The van der Waals surface area contributed by atoms with Gasteiger partial charge < -0.3 is 20.1 Å². The fourth-order valence-corrected chi connectivity index (χ4v) is 4.97. The average Bonchev–Trinajstić information content (AvgIpc) is 3.14. The van der Waals surface area contributed by atoms with E-state index in [2.05, 4.69) is 29.6 Å². The van der Waals surface area contributed by atoms with Crippen LogP contribution in [0.1, 0.15) is 50.7 Å². The molecule has 1 saturated heterocycles. The van der Waals surface area contributed by atoms with E-state index >= 15 is 0 Å². The molecular weight excluding hydrogens is 432 g/mol. The highest BCUT2D eigenvalue weighted by molar-refractivity contribution is 5.87. The number of hydrogen-bond donors (Lipinski definition) is 2. The molecule has 0 saturated carbocycles. The molecule has 1 aliphatic carbocycles. The van der Waals surface area contributed by atoms with Gasteiger partial charge in [0, 0.05) is 19.0 Å². The van der Waals surface area contributed by atoms with Crippen LogP contribution in [0.25, 0.3) is 11.1 Å². The van der Waals surface area contributed by atoms with E-state index in [-0.39, 0.29) is 25.0 Å². The SMILES string of the molecule is CC(C)(C)[C@H](NC(=O)OCC1c2ccccc2-c2ccccc21)C(=O)N1CCC[C@H](C(=O)O)C1. The smallest absolute Gasteiger partial charge is 0.407 e. The van der Waals surface area contributed by atoms with Crippen LogP contribution in [0, 0.1) is 11.3 Å². The second-order valence-electron chi connectivity index (χ2n) is 10.2. The molecule has 0 bridgehead atoms. The molecule has 7 nitrogen and oxygen atoms in total. The number of carbonyl (C=O) groups is 3. The molecular formula is C27H32N2O5. The van der Waals surface area contributed by atoms with Crippen molar-refractivity contribution in [2.75, 3.05) is 19.7 Å². The molecule has 0 radical (unpaired) electrons. The number of benzene rings is 2. The number of aliphatic carboxylic acids is 1. The maximum atomic E-state index is 13.3. The summed E-state index contributed by atoms with van der Waals surface area (Å²) < 4.78 is 5.65. The molecule has 0 aromatic heterocycles. The van der Waals surface area contributed by atoms with Crippen LogP contribution in [0.5, 0.6) is 0 Å². The monoisotopic (exact) mass is 464 g/mol. The first-order valence-corrected chi connectivity index (χ1v) is 11.8. The minimum Gasteiger partial charge on any atom is -0.481 e. The summed E-state index contributed by atoms with van der Waals surface area (Å²) in [6, 6.07) is 15.4. The zero-order valence-electron chi connectivity index (χ0n) is 19.9. The predicted molar refractivity (Wildman–Crippen MR) is 128 cm³/mol. The van der Waals surface area contributed by atoms with Gasteiger partial charge in [0.1, 0.15) is 12.6 Å². The van der Waals surface area contributed by atoms with Gasteiger partial charge in [-0.1, -0.05) is 69.3 Å². The molecule has 1 aliphatic heterocycles. The van der Waals surface area contributed by atoms with Crippen molar-refractivity contribution in [3.8, 4) is 11.1 Å². The Bertz CT molecular complexity index is 1040. The first kappa shape index (κ1) is 23.8. The molecule has 4 rings (SSSR count). The van der Waals surface area contributed by atoms with Crippen molar-refractivity contribution >= 4 is 18.0 Å². The molecule has 1 fully saturated rings. The Hall–Kier alpha value is -3.35. The largest absolute Gasteiger partial charge is 0.481 e. The lowest BCUT2D eigenvalue weighted by Crippen LogP contribution is -2.57. The number of nitrogens with zero attached hydrogens (tertiary/aromatic N) is 1. The molecule has 2 aliphatic rings. The molecule has 2 N–H and O–H groups in total. The number of piperidine rings is 1. The number of amides is 2. The Balaban J connectivity index is 1.44. The average molecular weight is 465 g/mol. The Morgan fingerprint density at radius 3 is 2.21 bits per heavy atom. The molecule has 2 amide bonds. The van der Waals surface area contributed by atoms with Gasteiger partial charge in [-0.3, -0.25) is 9.59 Å². The Morgan fingerprint density at radius 1 is 1.06 bits per heavy atom. The summed E-state index contributed by atoms with van der Waals surface area (Å²) in [6.07, 6.45) is 0.533. The van der Waals surface area contributed by atoms with Crippen molar-refractivity contribution in [2.45, 2.75) is 45.6 Å². The highest BCUT2D eigenvalue weighted by atomic mass is 16.5. The van der Waals surface area contributed by atoms with Crippen LogP contribution in [0.15, 0.2) is 48.5 Å². The fraction of sp³-hybridized carbons (Fsp3) is 0.444. The lowest BCUT2D eigenvalue weighted by Gasteiger charge is -2.37. The number of carbonyl (C=O) groups excluding carboxylic acids is 2. The van der Waals surface area contributed by atoms with Crippen molar-refractivity contribution in [1.29, 1.82) is 0 Å². The van der Waals surface area contributed by atoms with E-state index in [4.69, 9.17) is 4.74 Å². The van der Waals surface area contributed by atoms with Crippen LogP contribution in [0.2, 0.25) is 0 Å². The van der Waals surface area contributed by atoms with E-state index < -0.39 is 29.4 Å². The van der Waals surface area contributed by atoms with E-state index in [1.807, 2.05) is 45.0 Å². The summed E-state index contributed by atoms with van der Waals surface area (Å²) in [5.74, 6) is -1.81. The van der Waals surface area contributed by atoms with Gasteiger partial charge in [-0.2, -0.15) is 0 Å². The van der Waals surface area contributed by atoms with Crippen LogP contribution in [0.3, 0.4) is 0 Å². The number of alkyl carbamates (subject to hydrolysis) is 1. The van der Waals surface area contributed by atoms with Gasteiger partial charge in [0.15, 0.2) is 0 Å². The van der Waals surface area contributed by atoms with Crippen LogP contribution >= 0.6 is 0 Å². The zero-order valence-corrected chi connectivity index (χ0v) is 19.9. The standard InChI is InChI=1S/C27H32N2O5/c1-27(2,3)23(24(30)29-14-8-9-17(15-29)25(31)32)28-26(33)34-16-22-20-12-6-4-10-18(20)19-11-5-7-13-21(19)22/h4-7,10-13,17,22-23H,8-9,14-16H2,1-3H3,(H,28,33)(H,31,32)/t17-,23+/m0/s1. The predicted octanol–water partition coefficient (Wildman–Crippen LogP) is 4.26. The van der Waals surface area contributed by atoms with Gasteiger partial charge in [-0.25, -0.2) is 4.79 Å². The molecule has 1 heterocycles. The van der Waals surface area contributed by atoms with Gasteiger partial charge in [0.05, 0.1) is 5.92 Å². The molecule has 0 spiro atoms. The third-order valence-corrected chi connectivity index (χ3v) is 6.80. The summed E-state index contributed by atoms with van der Waals surface area (Å²) in [4.78, 5) is 39.1. The van der Waals surface area contributed by atoms with Gasteiger partial charge in [0.2, 0.25) is 5.91 Å². The molecule has 0 unspecified atom stereocenters. The number of fused-ring (bicyclic) bond motifs is 3. The Kier molecular flexibility index (Phi) is 6.64. The highest BCUT2D eigenvalue weighted by Gasteiger charge is 2.39. The second kappa shape index (κ2) is 9.49. The van der Waals surface area contributed by atoms with E-state index in [0.29, 0.717) is 19.4 Å². The van der Waals surface area contributed by atoms with Crippen molar-refractivity contribution in [3.63, 3.8) is 0 Å². The number of rotatable bonds is 5. The van der Waals surface area contributed by atoms with E-state index in [1.54, 1.807) is 4.90 Å². The minimum absolute atomic E-state index is 0.0691. The van der Waals surface area contributed by atoms with Crippen LogP contribution in [-0.4, -0.2) is 53.7 Å². The highest BCUT2D eigenvalue weighted by Crippen LogP contribution is 2.44. The summed E-state index contributed by atoms with van der Waals surface area (Å²) in [5, 5.41) is 12.1. The van der Waals surface area contributed by atoms with Gasteiger partial charge in [0.25, 0.3) is 0 Å². The number of carboxylic acids is 1. The Morgan fingerprint density at radius 2 is 1.65 bits per heavy atom. The first-order valence-electron chi connectivity index (χ1n) is 11.8. The number of ether oxygens (including phenoxy) is 1. The quantitative estimate of drug-likeness (QED) is 0.689. The van der Waals surface area contributed by atoms with E-state index in [0.717, 1.165) is 22.3 Å². The topological polar surface area (TPSA) is 95.9 Å². The summed E-state index contributed by atoms with van der Waals surface area (Å²) in [7, 11) is 0. The number of carboxylic acid groups (broad SMARTS) is 1. The van der Waals surface area contributed by atoms with Crippen molar-refractivity contribution in [2.24, 2.45) is 11.3 Å². The summed E-state index contributed by atoms with van der Waals surface area (Å²) >= 11 is 0. The van der Waals surface area contributed by atoms with Crippen LogP contribution < -0.4 is 5.32 Å². The number of likely N-dealkylation sites (tertiary alicyclic amines) is 1. The number of hydrogen-bond acceptors (Lipinski definition) is 4. The zero-order chi connectivity index (χ0) is 24.5. The maximum Gasteiger partial charge on any atom is 0.407 e. The number of nitrogens with one attached hydrogen (secondary N) is 1. The Labute approximate surface area is 200 Å². The molecule has 34 heavy (non-hydrogen) atoms. The third-order valence-electron chi connectivity index (χ3n) is 6.80. The van der Waals surface area contributed by atoms with Gasteiger partial charge in [-0.05, 0) is 40.5 Å². The molecule has 2 aromatic rings. The van der Waals surface area contributed by atoms with E-state index in [9.17, 15) is 19.5 Å².